The number of alkyl halides is 2. The summed E-state index contributed by atoms with van der Waals surface area (Å²) >= 11 is 2.61. The van der Waals surface area contributed by atoms with Crippen LogP contribution in [0.4, 0.5) is 14.5 Å². The van der Waals surface area contributed by atoms with Gasteiger partial charge in [-0.05, 0) is 55.5 Å². The van der Waals surface area contributed by atoms with Gasteiger partial charge >= 0.3 is 6.61 Å². The lowest BCUT2D eigenvalue weighted by molar-refractivity contribution is -0.113. The standard InChI is InChI=1S/C26H23F2N3O4S2/c1-34-19-12-6-4-10-17(19)31-24(33)22-15-8-2-7-13-20(15)37-23(22)30-26(31)36-14-21(32)29-16-9-3-5-11-18(16)35-25(27)28/h3-6,9-12,25H,2,7-8,13-14H2,1H3,(H,29,32). The molecule has 0 atom stereocenters. The Bertz CT molecular complexity index is 1520. The Morgan fingerprint density at radius 1 is 1.14 bits per heavy atom. The van der Waals surface area contributed by atoms with Crippen LogP contribution in [0.5, 0.6) is 11.5 Å². The number of hydrogen-bond donors (Lipinski definition) is 1. The van der Waals surface area contributed by atoms with E-state index in [2.05, 4.69) is 10.1 Å². The van der Waals surface area contributed by atoms with Gasteiger partial charge in [0.05, 0.1) is 29.6 Å². The average molecular weight is 544 g/mol. The number of amides is 1. The van der Waals surface area contributed by atoms with E-state index >= 15 is 0 Å². The lowest BCUT2D eigenvalue weighted by Gasteiger charge is -2.16. The van der Waals surface area contributed by atoms with Crippen molar-refractivity contribution in [3.63, 3.8) is 0 Å². The van der Waals surface area contributed by atoms with E-state index in [4.69, 9.17) is 9.72 Å². The summed E-state index contributed by atoms with van der Waals surface area (Å²) in [6.45, 7) is -3.02. The van der Waals surface area contributed by atoms with Crippen LogP contribution in [0.25, 0.3) is 15.9 Å². The Hall–Kier alpha value is -3.44. The summed E-state index contributed by atoms with van der Waals surface area (Å²) in [5.74, 6) is -0.201. The van der Waals surface area contributed by atoms with E-state index in [1.54, 1.807) is 24.3 Å². The number of thioether (sulfide) groups is 1. The third kappa shape index (κ3) is 5.19. The molecule has 11 heteroatoms. The number of carbonyl (C=O) groups excluding carboxylic acids is 1. The predicted octanol–water partition coefficient (Wildman–Crippen LogP) is 5.67. The van der Waals surface area contributed by atoms with Crippen LogP contribution < -0.4 is 20.3 Å². The quantitative estimate of drug-likeness (QED) is 0.228. The summed E-state index contributed by atoms with van der Waals surface area (Å²) in [5, 5.41) is 3.57. The molecule has 5 rings (SSSR count). The molecule has 1 N–H and O–H groups in total. The van der Waals surface area contributed by atoms with E-state index < -0.39 is 12.5 Å². The lowest BCUT2D eigenvalue weighted by Crippen LogP contribution is -2.23. The Morgan fingerprint density at radius 3 is 2.65 bits per heavy atom. The molecule has 2 aromatic heterocycles. The molecular formula is C26H23F2N3O4S2. The molecule has 1 amide bonds. The number of thiophene rings is 1. The van der Waals surface area contributed by atoms with Crippen molar-refractivity contribution in [2.75, 3.05) is 18.2 Å². The minimum absolute atomic E-state index is 0.110. The monoisotopic (exact) mass is 543 g/mol. The minimum atomic E-state index is -3.02. The van der Waals surface area contributed by atoms with Gasteiger partial charge < -0.3 is 14.8 Å². The number of halogens is 2. The number of para-hydroxylation sites is 4. The Morgan fingerprint density at radius 2 is 1.86 bits per heavy atom. The maximum atomic E-state index is 13.9. The number of nitrogens with one attached hydrogen (secondary N) is 1. The molecule has 0 fully saturated rings. The van der Waals surface area contributed by atoms with Gasteiger partial charge in [-0.3, -0.25) is 14.2 Å². The molecule has 0 saturated carbocycles. The van der Waals surface area contributed by atoms with Crippen molar-refractivity contribution in [3.05, 3.63) is 69.3 Å². The zero-order chi connectivity index (χ0) is 25.9. The van der Waals surface area contributed by atoms with E-state index in [-0.39, 0.29) is 22.7 Å². The van der Waals surface area contributed by atoms with E-state index in [0.717, 1.165) is 43.0 Å². The SMILES string of the molecule is COc1ccccc1-n1c(SCC(=O)Nc2ccccc2OC(F)F)nc2sc3c(c2c1=O)CCCC3. The lowest BCUT2D eigenvalue weighted by atomic mass is 9.97. The number of carbonyl (C=O) groups is 1. The largest absolute Gasteiger partial charge is 0.495 e. The van der Waals surface area contributed by atoms with Crippen LogP contribution in [-0.4, -0.2) is 34.9 Å². The molecule has 192 valence electrons. The van der Waals surface area contributed by atoms with E-state index in [1.165, 1.54) is 46.1 Å². The summed E-state index contributed by atoms with van der Waals surface area (Å²) in [5.41, 5.74) is 1.52. The van der Waals surface area contributed by atoms with Gasteiger partial charge in [-0.25, -0.2) is 4.98 Å². The summed E-state index contributed by atoms with van der Waals surface area (Å²) in [6.07, 6.45) is 3.88. The Labute approximate surface area is 219 Å². The number of hydrogen-bond acceptors (Lipinski definition) is 7. The molecule has 1 aliphatic carbocycles. The van der Waals surface area contributed by atoms with Gasteiger partial charge in [-0.1, -0.05) is 36.0 Å². The molecule has 37 heavy (non-hydrogen) atoms. The van der Waals surface area contributed by atoms with Gasteiger partial charge in [0.2, 0.25) is 5.91 Å². The molecule has 1 aliphatic rings. The molecule has 0 spiro atoms. The number of anilines is 1. The van der Waals surface area contributed by atoms with E-state index in [1.807, 2.05) is 6.07 Å². The second-order valence-corrected chi connectivity index (χ2v) is 10.3. The smallest absolute Gasteiger partial charge is 0.387 e. The molecule has 2 heterocycles. The molecule has 0 bridgehead atoms. The van der Waals surface area contributed by atoms with Crippen LogP contribution in [0, 0.1) is 0 Å². The zero-order valence-electron chi connectivity index (χ0n) is 19.8. The van der Waals surface area contributed by atoms with Gasteiger partial charge in [-0.15, -0.1) is 11.3 Å². The van der Waals surface area contributed by atoms with E-state index in [9.17, 15) is 18.4 Å². The highest BCUT2D eigenvalue weighted by Crippen LogP contribution is 2.36. The highest BCUT2D eigenvalue weighted by atomic mass is 32.2. The molecule has 4 aromatic rings. The number of rotatable bonds is 8. The summed E-state index contributed by atoms with van der Waals surface area (Å²) in [4.78, 5) is 33.4. The number of fused-ring (bicyclic) bond motifs is 3. The molecule has 0 aliphatic heterocycles. The van der Waals surface area contributed by atoms with Crippen molar-refractivity contribution in [2.45, 2.75) is 37.5 Å². The number of nitrogens with zero attached hydrogens (tertiary/aromatic N) is 2. The molecule has 0 radical (unpaired) electrons. The molecule has 2 aromatic carbocycles. The van der Waals surface area contributed by atoms with Crippen LogP contribution in [0.15, 0.2) is 58.5 Å². The fourth-order valence-electron chi connectivity index (χ4n) is 4.40. The second-order valence-electron chi connectivity index (χ2n) is 8.31. The number of ether oxygens (including phenoxy) is 2. The molecule has 0 saturated heterocycles. The molecule has 7 nitrogen and oxygen atoms in total. The van der Waals surface area contributed by atoms with Crippen LogP contribution in [0.3, 0.4) is 0 Å². The third-order valence-electron chi connectivity index (χ3n) is 5.99. The van der Waals surface area contributed by atoms with Gasteiger partial charge in [0.1, 0.15) is 16.3 Å². The highest BCUT2D eigenvalue weighted by molar-refractivity contribution is 7.99. The first-order valence-corrected chi connectivity index (χ1v) is 13.4. The van der Waals surface area contributed by atoms with Crippen molar-refractivity contribution < 1.29 is 23.0 Å². The minimum Gasteiger partial charge on any atom is -0.495 e. The van der Waals surface area contributed by atoms with Crippen LogP contribution in [-0.2, 0) is 17.6 Å². The van der Waals surface area contributed by atoms with Crippen molar-refractivity contribution in [3.8, 4) is 17.2 Å². The predicted molar refractivity (Wildman–Crippen MR) is 141 cm³/mol. The third-order valence-corrected chi connectivity index (χ3v) is 8.12. The number of methoxy groups -OCH3 is 1. The fraction of sp³-hybridized carbons (Fsp3) is 0.269. The van der Waals surface area contributed by atoms with Gasteiger partial charge in [0.15, 0.2) is 5.16 Å². The van der Waals surface area contributed by atoms with Crippen LogP contribution in [0.1, 0.15) is 23.3 Å². The van der Waals surface area contributed by atoms with Crippen LogP contribution >= 0.6 is 23.1 Å². The summed E-state index contributed by atoms with van der Waals surface area (Å²) in [7, 11) is 1.53. The number of aryl methyl sites for hydroxylation is 2. The van der Waals surface area contributed by atoms with Crippen molar-refractivity contribution >= 4 is 44.9 Å². The summed E-state index contributed by atoms with van der Waals surface area (Å²) in [6, 6.07) is 13.1. The van der Waals surface area contributed by atoms with Gasteiger partial charge in [-0.2, -0.15) is 8.78 Å². The maximum Gasteiger partial charge on any atom is 0.387 e. The van der Waals surface area contributed by atoms with Crippen LogP contribution in [0.2, 0.25) is 0 Å². The Kier molecular flexibility index (Phi) is 7.43. The first-order valence-electron chi connectivity index (χ1n) is 11.6. The Balaban J connectivity index is 1.51. The average Bonchev–Trinajstić information content (AvgIpc) is 3.27. The maximum absolute atomic E-state index is 13.9. The van der Waals surface area contributed by atoms with E-state index in [0.29, 0.717) is 26.8 Å². The number of aromatic nitrogens is 2. The normalized spacial score (nSPS) is 13.0. The summed E-state index contributed by atoms with van der Waals surface area (Å²) < 4.78 is 37.0. The molecule has 0 unspecified atom stereocenters. The zero-order valence-corrected chi connectivity index (χ0v) is 21.5. The number of benzene rings is 2. The van der Waals surface area contributed by atoms with Crippen molar-refractivity contribution in [2.24, 2.45) is 0 Å². The van der Waals surface area contributed by atoms with Crippen molar-refractivity contribution in [1.82, 2.24) is 9.55 Å². The fourth-order valence-corrected chi connectivity index (χ4v) is 6.50. The van der Waals surface area contributed by atoms with Crippen molar-refractivity contribution in [1.29, 1.82) is 0 Å². The van der Waals surface area contributed by atoms with Gasteiger partial charge in [0, 0.05) is 4.88 Å². The first kappa shape index (κ1) is 25.2. The topological polar surface area (TPSA) is 82.4 Å². The molecular weight excluding hydrogens is 520 g/mol. The highest BCUT2D eigenvalue weighted by Gasteiger charge is 2.24. The first-order chi connectivity index (χ1) is 18.0. The second kappa shape index (κ2) is 10.9. The van der Waals surface area contributed by atoms with Gasteiger partial charge in [0.25, 0.3) is 5.56 Å².